The Hall–Kier alpha value is -2.45. The van der Waals surface area contributed by atoms with Crippen LogP contribution in [0.2, 0.25) is 0 Å². The molecule has 7 nitrogen and oxygen atoms in total. The fourth-order valence-corrected chi connectivity index (χ4v) is 4.51. The van der Waals surface area contributed by atoms with Gasteiger partial charge in [0, 0.05) is 37.2 Å². The Morgan fingerprint density at radius 3 is 2.89 bits per heavy atom. The number of hydrogen-bond acceptors (Lipinski definition) is 7. The van der Waals surface area contributed by atoms with Crippen LogP contribution in [0.3, 0.4) is 0 Å². The molecule has 0 aromatic carbocycles. The lowest BCUT2D eigenvalue weighted by Crippen LogP contribution is -2.48. The number of aromatic nitrogens is 4. The Bertz CT molecular complexity index is 1030. The van der Waals surface area contributed by atoms with E-state index in [1.54, 1.807) is 18.0 Å². The smallest absolute Gasteiger partial charge is 0.150 e. The zero-order chi connectivity index (χ0) is 18.4. The van der Waals surface area contributed by atoms with Gasteiger partial charge in [0.15, 0.2) is 5.65 Å². The van der Waals surface area contributed by atoms with Gasteiger partial charge in [-0.05, 0) is 31.9 Å². The van der Waals surface area contributed by atoms with Gasteiger partial charge in [0.2, 0.25) is 0 Å². The summed E-state index contributed by atoms with van der Waals surface area (Å²) in [6.45, 7) is 4.55. The molecule has 2 aliphatic rings. The molecule has 0 aliphatic carbocycles. The van der Waals surface area contributed by atoms with Crippen LogP contribution in [0.5, 0.6) is 0 Å². The van der Waals surface area contributed by atoms with Crippen molar-refractivity contribution in [3.8, 4) is 0 Å². The minimum absolute atomic E-state index is 0.0680. The minimum atomic E-state index is -0.0680. The fourth-order valence-electron chi connectivity index (χ4n) is 3.51. The van der Waals surface area contributed by atoms with Crippen molar-refractivity contribution in [2.45, 2.75) is 36.7 Å². The first-order valence-electron chi connectivity index (χ1n) is 9.13. The predicted octanol–water partition coefficient (Wildman–Crippen LogP) is 2.49. The first-order valence-corrected chi connectivity index (χ1v) is 9.95. The highest BCUT2D eigenvalue weighted by molar-refractivity contribution is 8.14. The molecule has 138 valence electrons. The molecule has 1 saturated heterocycles. The van der Waals surface area contributed by atoms with E-state index in [0.717, 1.165) is 58.7 Å². The number of rotatable bonds is 2. The second kappa shape index (κ2) is 6.31. The van der Waals surface area contributed by atoms with Crippen LogP contribution in [-0.2, 0) is 6.54 Å². The fraction of sp³-hybridized carbons (Fsp3) is 0.368. The van der Waals surface area contributed by atoms with Gasteiger partial charge in [-0.2, -0.15) is 0 Å². The first kappa shape index (κ1) is 16.7. The highest BCUT2D eigenvalue weighted by atomic mass is 32.2. The number of nitrogens with zero attached hydrogens (tertiary/aromatic N) is 6. The third kappa shape index (κ3) is 3.08. The summed E-state index contributed by atoms with van der Waals surface area (Å²) >= 11 is 1.60. The third-order valence-corrected chi connectivity index (χ3v) is 6.28. The summed E-state index contributed by atoms with van der Waals surface area (Å²) in [4.78, 5) is 22.0. The molecule has 1 fully saturated rings. The molecule has 0 bridgehead atoms. The maximum absolute atomic E-state index is 6.24. The van der Waals surface area contributed by atoms with E-state index in [1.165, 1.54) is 0 Å². The molecule has 0 atom stereocenters. The van der Waals surface area contributed by atoms with E-state index in [1.807, 2.05) is 29.1 Å². The summed E-state index contributed by atoms with van der Waals surface area (Å²) in [5, 5.41) is 0.910. The Labute approximate surface area is 161 Å². The molecule has 3 aromatic rings. The molecular weight excluding hydrogens is 358 g/mol. The number of pyridine rings is 1. The lowest BCUT2D eigenvalue weighted by Gasteiger charge is -2.37. The number of aliphatic imine (C=N–C) groups is 1. The molecule has 0 amide bonds. The molecule has 27 heavy (non-hydrogen) atoms. The molecule has 2 N–H and O–H groups in total. The van der Waals surface area contributed by atoms with Crippen molar-refractivity contribution in [2.24, 2.45) is 10.7 Å². The summed E-state index contributed by atoms with van der Waals surface area (Å²) in [5.74, 6) is 0.932. The van der Waals surface area contributed by atoms with Crippen LogP contribution in [0.1, 0.15) is 31.2 Å². The monoisotopic (exact) mass is 379 g/mol. The quantitative estimate of drug-likeness (QED) is 0.736. The molecule has 0 radical (unpaired) electrons. The second-order valence-corrected chi connectivity index (χ2v) is 8.45. The van der Waals surface area contributed by atoms with Crippen LogP contribution >= 0.6 is 11.8 Å². The molecule has 0 saturated carbocycles. The van der Waals surface area contributed by atoms with Gasteiger partial charge in [0.1, 0.15) is 16.6 Å². The van der Waals surface area contributed by atoms with E-state index in [9.17, 15) is 0 Å². The Morgan fingerprint density at radius 1 is 1.19 bits per heavy atom. The topological polar surface area (TPSA) is 84.7 Å². The van der Waals surface area contributed by atoms with Crippen molar-refractivity contribution < 1.29 is 0 Å². The number of fused-ring (bicyclic) bond motifs is 2. The van der Waals surface area contributed by atoms with E-state index in [2.05, 4.69) is 27.9 Å². The molecule has 5 rings (SSSR count). The second-order valence-electron chi connectivity index (χ2n) is 7.42. The highest BCUT2D eigenvalue weighted by Crippen LogP contribution is 2.31. The van der Waals surface area contributed by atoms with Crippen molar-refractivity contribution in [2.75, 3.05) is 18.0 Å². The number of piperidine rings is 1. The Balaban J connectivity index is 1.37. The standard InChI is InChI=1S/C19H21N7S/c1-19(20)4-8-25(9-5-19)15-12-22-16-13(24-15)11-23-18(16)27-14-3-2-7-26-10-6-21-17(14)26/h2-3,6-7,10,12H,4-5,8-9,11,20H2,1H3. The average Bonchev–Trinajstić information content (AvgIpc) is 3.29. The summed E-state index contributed by atoms with van der Waals surface area (Å²) in [5.41, 5.74) is 8.94. The highest BCUT2D eigenvalue weighted by Gasteiger charge is 2.28. The predicted molar refractivity (Wildman–Crippen MR) is 107 cm³/mol. The average molecular weight is 379 g/mol. The number of hydrogen-bond donors (Lipinski definition) is 1. The summed E-state index contributed by atoms with van der Waals surface area (Å²) < 4.78 is 2.01. The van der Waals surface area contributed by atoms with Crippen molar-refractivity contribution in [3.05, 3.63) is 48.3 Å². The van der Waals surface area contributed by atoms with Crippen molar-refractivity contribution in [3.63, 3.8) is 0 Å². The summed E-state index contributed by atoms with van der Waals surface area (Å²) in [6, 6.07) is 4.08. The van der Waals surface area contributed by atoms with Gasteiger partial charge in [-0.3, -0.25) is 4.99 Å². The van der Waals surface area contributed by atoms with Gasteiger partial charge < -0.3 is 15.0 Å². The number of nitrogens with two attached hydrogens (primary N) is 1. The largest absolute Gasteiger partial charge is 0.355 e. The molecule has 8 heteroatoms. The van der Waals surface area contributed by atoms with Gasteiger partial charge in [0.25, 0.3) is 0 Å². The van der Waals surface area contributed by atoms with Gasteiger partial charge in [-0.15, -0.1) is 0 Å². The Morgan fingerprint density at radius 2 is 2.04 bits per heavy atom. The van der Waals surface area contributed by atoms with E-state index in [0.29, 0.717) is 6.54 Å². The van der Waals surface area contributed by atoms with Crippen LogP contribution in [-0.4, -0.2) is 43.0 Å². The van der Waals surface area contributed by atoms with Gasteiger partial charge in [-0.25, -0.2) is 15.0 Å². The maximum atomic E-state index is 6.24. The van der Waals surface area contributed by atoms with Gasteiger partial charge in [-0.1, -0.05) is 11.8 Å². The molecule has 5 heterocycles. The number of imidazole rings is 1. The summed E-state index contributed by atoms with van der Waals surface area (Å²) in [6.07, 6.45) is 9.56. The third-order valence-electron chi connectivity index (χ3n) is 5.23. The lowest BCUT2D eigenvalue weighted by atomic mass is 9.91. The maximum Gasteiger partial charge on any atom is 0.150 e. The minimum Gasteiger partial charge on any atom is -0.355 e. The van der Waals surface area contributed by atoms with Crippen LogP contribution < -0.4 is 10.6 Å². The van der Waals surface area contributed by atoms with Crippen LogP contribution in [0, 0.1) is 0 Å². The number of anilines is 1. The van der Waals surface area contributed by atoms with Crippen molar-refractivity contribution >= 4 is 28.3 Å². The first-order chi connectivity index (χ1) is 13.1. The summed E-state index contributed by atoms with van der Waals surface area (Å²) in [7, 11) is 0. The van der Waals surface area contributed by atoms with Gasteiger partial charge in [0.05, 0.1) is 23.3 Å². The molecule has 0 spiro atoms. The van der Waals surface area contributed by atoms with E-state index >= 15 is 0 Å². The number of thioether (sulfide) groups is 1. The SMILES string of the molecule is CC1(N)CCN(c2cnc3c(n2)CN=C3Sc2cccn3ccnc23)CC1. The molecular formula is C19H21N7S. The van der Waals surface area contributed by atoms with Gasteiger partial charge >= 0.3 is 0 Å². The zero-order valence-corrected chi connectivity index (χ0v) is 16.0. The van der Waals surface area contributed by atoms with Crippen LogP contribution in [0.15, 0.2) is 46.8 Å². The van der Waals surface area contributed by atoms with E-state index in [4.69, 9.17) is 15.7 Å². The molecule has 3 aromatic heterocycles. The van der Waals surface area contributed by atoms with Crippen molar-refractivity contribution in [1.29, 1.82) is 0 Å². The van der Waals surface area contributed by atoms with Crippen molar-refractivity contribution in [1.82, 2.24) is 19.4 Å². The van der Waals surface area contributed by atoms with Crippen LogP contribution in [0.4, 0.5) is 5.82 Å². The van der Waals surface area contributed by atoms with E-state index < -0.39 is 0 Å². The molecule has 0 unspecified atom stereocenters. The Kier molecular flexibility index (Phi) is 3.91. The molecule has 2 aliphatic heterocycles. The zero-order valence-electron chi connectivity index (χ0n) is 15.2. The lowest BCUT2D eigenvalue weighted by molar-refractivity contribution is 0.363. The van der Waals surface area contributed by atoms with E-state index in [-0.39, 0.29) is 5.54 Å². The normalized spacial score (nSPS) is 18.6. The van der Waals surface area contributed by atoms with Crippen LogP contribution in [0.25, 0.3) is 5.65 Å².